The minimum atomic E-state index is -3.10. The number of rotatable bonds is 7. The zero-order valence-electron chi connectivity index (χ0n) is 13.6. The molecule has 2 fully saturated rings. The first kappa shape index (κ1) is 17.2. The highest BCUT2D eigenvalue weighted by molar-refractivity contribution is 7.89. The van der Waals surface area contributed by atoms with E-state index >= 15 is 0 Å². The van der Waals surface area contributed by atoms with Crippen molar-refractivity contribution in [3.63, 3.8) is 0 Å². The zero-order valence-corrected chi connectivity index (χ0v) is 14.4. The third kappa shape index (κ3) is 3.60. The predicted octanol–water partition coefficient (Wildman–Crippen LogP) is 1.60. The van der Waals surface area contributed by atoms with E-state index in [0.29, 0.717) is 18.7 Å². The van der Waals surface area contributed by atoms with E-state index in [9.17, 15) is 8.42 Å². The van der Waals surface area contributed by atoms with E-state index in [4.69, 9.17) is 4.74 Å². The molecule has 0 aromatic carbocycles. The Morgan fingerprint density at radius 2 is 1.90 bits per heavy atom. The van der Waals surface area contributed by atoms with Crippen LogP contribution in [-0.4, -0.2) is 57.9 Å². The summed E-state index contributed by atoms with van der Waals surface area (Å²) in [4.78, 5) is 0. The van der Waals surface area contributed by atoms with Gasteiger partial charge in [-0.2, -0.15) is 0 Å². The summed E-state index contributed by atoms with van der Waals surface area (Å²) < 4.78 is 30.8. The van der Waals surface area contributed by atoms with Gasteiger partial charge >= 0.3 is 0 Å². The first-order chi connectivity index (χ1) is 9.92. The lowest BCUT2D eigenvalue weighted by molar-refractivity contribution is -0.149. The number of ether oxygens (including phenoxy) is 1. The Morgan fingerprint density at radius 3 is 2.48 bits per heavy atom. The Labute approximate surface area is 129 Å². The van der Waals surface area contributed by atoms with Crippen LogP contribution in [-0.2, 0) is 14.8 Å². The molecule has 0 bridgehead atoms. The Bertz CT molecular complexity index is 430. The van der Waals surface area contributed by atoms with Gasteiger partial charge < -0.3 is 10.1 Å². The minimum absolute atomic E-state index is 0.173. The summed E-state index contributed by atoms with van der Waals surface area (Å²) in [6, 6.07) is 0.423. The minimum Gasteiger partial charge on any atom is -0.378 e. The molecule has 2 unspecified atom stereocenters. The van der Waals surface area contributed by atoms with Crippen molar-refractivity contribution in [3.05, 3.63) is 0 Å². The third-order valence-corrected chi connectivity index (χ3v) is 7.08. The summed E-state index contributed by atoms with van der Waals surface area (Å²) in [6.07, 6.45) is 7.70. The van der Waals surface area contributed by atoms with Crippen molar-refractivity contribution in [1.29, 1.82) is 0 Å². The molecule has 0 heterocycles. The first-order valence-corrected chi connectivity index (χ1v) is 9.78. The summed E-state index contributed by atoms with van der Waals surface area (Å²) in [5.74, 6) is 0.173. The highest BCUT2D eigenvalue weighted by Crippen LogP contribution is 2.53. The van der Waals surface area contributed by atoms with Crippen LogP contribution in [0.1, 0.15) is 45.4 Å². The number of hydrogen-bond donors (Lipinski definition) is 1. The average molecular weight is 318 g/mol. The summed E-state index contributed by atoms with van der Waals surface area (Å²) in [5, 5.41) is 3.49. The van der Waals surface area contributed by atoms with Crippen LogP contribution in [0.15, 0.2) is 0 Å². The Morgan fingerprint density at radius 1 is 1.24 bits per heavy atom. The molecule has 2 atom stereocenters. The predicted molar refractivity (Wildman–Crippen MR) is 84.8 cm³/mol. The van der Waals surface area contributed by atoms with Crippen LogP contribution in [0.5, 0.6) is 0 Å². The summed E-state index contributed by atoms with van der Waals surface area (Å²) >= 11 is 0. The number of hydrogen-bond acceptors (Lipinski definition) is 4. The van der Waals surface area contributed by atoms with Gasteiger partial charge in [-0.05, 0) is 26.2 Å². The van der Waals surface area contributed by atoms with Gasteiger partial charge in [-0.15, -0.1) is 0 Å². The Kier molecular flexibility index (Phi) is 5.68. The highest BCUT2D eigenvalue weighted by Gasteiger charge is 2.55. The molecule has 2 rings (SSSR count). The maximum absolute atomic E-state index is 11.8. The molecule has 0 amide bonds. The van der Waals surface area contributed by atoms with Gasteiger partial charge in [0.05, 0.1) is 11.9 Å². The SMILES string of the molecule is CCOC1CC(NCCS(=O)(=O)N(C)C)C12CCCCC2. The fraction of sp³-hybridized carbons (Fsp3) is 1.00. The number of nitrogens with one attached hydrogen (secondary N) is 1. The van der Waals surface area contributed by atoms with Crippen molar-refractivity contribution in [3.8, 4) is 0 Å². The van der Waals surface area contributed by atoms with Gasteiger partial charge in [0, 0.05) is 38.7 Å². The van der Waals surface area contributed by atoms with Gasteiger partial charge in [-0.1, -0.05) is 19.3 Å². The van der Waals surface area contributed by atoms with Crippen molar-refractivity contribution in [2.24, 2.45) is 5.41 Å². The molecule has 6 heteroatoms. The highest BCUT2D eigenvalue weighted by atomic mass is 32.2. The van der Waals surface area contributed by atoms with Crippen LogP contribution < -0.4 is 5.32 Å². The molecule has 1 spiro atoms. The molecule has 0 radical (unpaired) electrons. The van der Waals surface area contributed by atoms with Gasteiger partial charge in [0.25, 0.3) is 0 Å². The van der Waals surface area contributed by atoms with Crippen LogP contribution in [0.25, 0.3) is 0 Å². The molecule has 2 aliphatic carbocycles. The van der Waals surface area contributed by atoms with E-state index in [1.807, 2.05) is 0 Å². The van der Waals surface area contributed by atoms with Crippen molar-refractivity contribution in [1.82, 2.24) is 9.62 Å². The monoisotopic (exact) mass is 318 g/mol. The molecular formula is C15H30N2O3S. The first-order valence-electron chi connectivity index (χ1n) is 8.17. The second-order valence-electron chi connectivity index (χ2n) is 6.58. The van der Waals surface area contributed by atoms with E-state index in [0.717, 1.165) is 13.0 Å². The van der Waals surface area contributed by atoms with E-state index in [1.165, 1.54) is 36.4 Å². The lowest BCUT2D eigenvalue weighted by Gasteiger charge is -2.58. The summed E-state index contributed by atoms with van der Waals surface area (Å²) in [7, 11) is 0.0750. The van der Waals surface area contributed by atoms with Crippen LogP contribution in [0.3, 0.4) is 0 Å². The van der Waals surface area contributed by atoms with Gasteiger partial charge in [-0.3, -0.25) is 0 Å². The molecular weight excluding hydrogens is 288 g/mol. The van der Waals surface area contributed by atoms with Crippen molar-refractivity contribution in [2.75, 3.05) is 33.0 Å². The molecule has 0 aromatic rings. The van der Waals surface area contributed by atoms with E-state index in [-0.39, 0.29) is 11.2 Å². The third-order valence-electron chi connectivity index (χ3n) is 5.24. The molecule has 0 aliphatic heterocycles. The summed E-state index contributed by atoms with van der Waals surface area (Å²) in [5.41, 5.74) is 0.260. The molecule has 2 aliphatic rings. The van der Waals surface area contributed by atoms with Crippen molar-refractivity contribution >= 4 is 10.0 Å². The zero-order chi connectivity index (χ0) is 15.5. The standard InChI is InChI=1S/C15H30N2O3S/c1-4-20-14-12-13(15(14)8-6-5-7-9-15)16-10-11-21(18,19)17(2)3/h13-14,16H,4-12H2,1-3H3. The fourth-order valence-corrected chi connectivity index (χ4v) is 4.64. The van der Waals surface area contributed by atoms with Crippen LogP contribution in [0.4, 0.5) is 0 Å². The molecule has 0 saturated heterocycles. The molecule has 1 N–H and O–H groups in total. The maximum Gasteiger partial charge on any atom is 0.214 e. The second-order valence-corrected chi connectivity index (χ2v) is 8.88. The molecule has 21 heavy (non-hydrogen) atoms. The Hall–Kier alpha value is -0.170. The number of nitrogens with zero attached hydrogens (tertiary/aromatic N) is 1. The topological polar surface area (TPSA) is 58.6 Å². The molecule has 5 nitrogen and oxygen atoms in total. The normalized spacial score (nSPS) is 28.8. The quantitative estimate of drug-likeness (QED) is 0.774. The van der Waals surface area contributed by atoms with E-state index < -0.39 is 10.0 Å². The molecule has 0 aromatic heterocycles. The molecule has 2 saturated carbocycles. The van der Waals surface area contributed by atoms with Crippen LogP contribution in [0.2, 0.25) is 0 Å². The largest absolute Gasteiger partial charge is 0.378 e. The molecule has 124 valence electrons. The number of sulfonamides is 1. The van der Waals surface area contributed by atoms with Crippen LogP contribution >= 0.6 is 0 Å². The van der Waals surface area contributed by atoms with Gasteiger partial charge in [0.15, 0.2) is 0 Å². The van der Waals surface area contributed by atoms with Gasteiger partial charge in [0.1, 0.15) is 0 Å². The summed E-state index contributed by atoms with van der Waals surface area (Å²) in [6.45, 7) is 3.36. The van der Waals surface area contributed by atoms with Crippen molar-refractivity contribution < 1.29 is 13.2 Å². The Balaban J connectivity index is 1.88. The smallest absolute Gasteiger partial charge is 0.214 e. The van der Waals surface area contributed by atoms with E-state index in [1.54, 1.807) is 14.1 Å². The van der Waals surface area contributed by atoms with Crippen LogP contribution in [0, 0.1) is 5.41 Å². The fourth-order valence-electron chi connectivity index (χ4n) is 3.89. The second kappa shape index (κ2) is 6.94. The average Bonchev–Trinajstić information content (AvgIpc) is 2.46. The van der Waals surface area contributed by atoms with Crippen molar-refractivity contribution in [2.45, 2.75) is 57.6 Å². The maximum atomic E-state index is 11.8. The lowest BCUT2D eigenvalue weighted by atomic mass is 9.55. The van der Waals surface area contributed by atoms with Gasteiger partial charge in [-0.25, -0.2) is 12.7 Å². The lowest BCUT2D eigenvalue weighted by Crippen LogP contribution is -2.64. The van der Waals surface area contributed by atoms with E-state index in [2.05, 4.69) is 12.2 Å². The van der Waals surface area contributed by atoms with Gasteiger partial charge in [0.2, 0.25) is 10.0 Å².